The molecule has 3 aromatic rings. The van der Waals surface area contributed by atoms with Crippen molar-refractivity contribution in [2.75, 3.05) is 18.8 Å². The van der Waals surface area contributed by atoms with Crippen LogP contribution in [0.5, 0.6) is 0 Å². The van der Waals surface area contributed by atoms with E-state index in [9.17, 15) is 4.79 Å². The third kappa shape index (κ3) is 3.78. The second-order valence-electron chi connectivity index (χ2n) is 7.28. The van der Waals surface area contributed by atoms with E-state index >= 15 is 0 Å². The van der Waals surface area contributed by atoms with Crippen molar-refractivity contribution in [2.45, 2.75) is 6.04 Å². The first-order valence-corrected chi connectivity index (χ1v) is 11.0. The van der Waals surface area contributed by atoms with E-state index in [4.69, 9.17) is 0 Å². The molecule has 2 heterocycles. The number of carbonyl (C=O) groups excluding carboxylic acids is 1. The first-order chi connectivity index (χ1) is 14.8. The van der Waals surface area contributed by atoms with Crippen molar-refractivity contribution in [1.29, 1.82) is 0 Å². The molecule has 5 rings (SSSR count). The van der Waals surface area contributed by atoms with Gasteiger partial charge in [0.1, 0.15) is 0 Å². The predicted octanol–water partition coefficient (Wildman–Crippen LogP) is 3.96. The molecule has 0 aliphatic carbocycles. The van der Waals surface area contributed by atoms with E-state index in [1.807, 2.05) is 30.3 Å². The number of rotatable bonds is 4. The number of hydrazine groups is 1. The lowest BCUT2D eigenvalue weighted by molar-refractivity contribution is -0.131. The SMILES string of the molecule is O=C(CSC1=NCCN1)N1NC(c2ccc3ccccc3c2)=C[C@H]1c1ccccc1. The molecule has 0 radical (unpaired) electrons. The number of nitrogens with zero attached hydrogens (tertiary/aromatic N) is 2. The Kier molecular flexibility index (Phi) is 5.15. The summed E-state index contributed by atoms with van der Waals surface area (Å²) in [7, 11) is 0. The summed E-state index contributed by atoms with van der Waals surface area (Å²) in [4.78, 5) is 17.5. The molecule has 0 bridgehead atoms. The van der Waals surface area contributed by atoms with Crippen LogP contribution in [0.4, 0.5) is 0 Å². The average molecular weight is 415 g/mol. The van der Waals surface area contributed by atoms with Crippen LogP contribution in [0.15, 0.2) is 83.9 Å². The fraction of sp³-hybridized carbons (Fsp3) is 0.167. The largest absolute Gasteiger partial charge is 0.363 e. The molecular formula is C24H22N4OS. The molecule has 2 aliphatic rings. The van der Waals surface area contributed by atoms with Gasteiger partial charge >= 0.3 is 0 Å². The Morgan fingerprint density at radius 2 is 1.83 bits per heavy atom. The van der Waals surface area contributed by atoms with E-state index in [-0.39, 0.29) is 11.9 Å². The molecule has 1 atom stereocenters. The minimum absolute atomic E-state index is 0.0253. The van der Waals surface area contributed by atoms with E-state index in [1.165, 1.54) is 22.5 Å². The zero-order chi connectivity index (χ0) is 20.3. The molecule has 5 nitrogen and oxygen atoms in total. The first-order valence-electron chi connectivity index (χ1n) is 10.0. The Morgan fingerprint density at radius 1 is 1.03 bits per heavy atom. The van der Waals surface area contributed by atoms with Crippen LogP contribution in [-0.4, -0.2) is 34.9 Å². The topological polar surface area (TPSA) is 56.7 Å². The second-order valence-corrected chi connectivity index (χ2v) is 8.24. The molecule has 1 amide bonds. The van der Waals surface area contributed by atoms with E-state index in [0.29, 0.717) is 5.75 Å². The van der Waals surface area contributed by atoms with Crippen molar-refractivity contribution in [1.82, 2.24) is 15.8 Å². The molecule has 150 valence electrons. The molecule has 2 aliphatic heterocycles. The molecule has 0 aromatic heterocycles. The van der Waals surface area contributed by atoms with Gasteiger partial charge in [0.25, 0.3) is 5.91 Å². The third-order valence-electron chi connectivity index (χ3n) is 5.29. The van der Waals surface area contributed by atoms with E-state index < -0.39 is 0 Å². The van der Waals surface area contributed by atoms with Crippen molar-refractivity contribution in [2.24, 2.45) is 4.99 Å². The van der Waals surface area contributed by atoms with Gasteiger partial charge in [-0.15, -0.1) is 0 Å². The van der Waals surface area contributed by atoms with Crippen molar-refractivity contribution >= 4 is 39.3 Å². The maximum atomic E-state index is 13.1. The molecule has 0 saturated carbocycles. The zero-order valence-electron chi connectivity index (χ0n) is 16.4. The van der Waals surface area contributed by atoms with Gasteiger partial charge < -0.3 is 5.32 Å². The van der Waals surface area contributed by atoms with E-state index in [2.05, 4.69) is 64.3 Å². The van der Waals surface area contributed by atoms with Gasteiger partial charge in [0, 0.05) is 6.54 Å². The summed E-state index contributed by atoms with van der Waals surface area (Å²) in [5.74, 6) is 0.360. The smallest absolute Gasteiger partial charge is 0.252 e. The Morgan fingerprint density at radius 3 is 2.63 bits per heavy atom. The Balaban J connectivity index is 1.42. The number of aliphatic imine (C=N–C) groups is 1. The number of amidine groups is 1. The van der Waals surface area contributed by atoms with E-state index in [1.54, 1.807) is 5.01 Å². The van der Waals surface area contributed by atoms with Crippen LogP contribution >= 0.6 is 11.8 Å². The lowest BCUT2D eigenvalue weighted by Crippen LogP contribution is -2.41. The molecule has 6 heteroatoms. The number of thioether (sulfide) groups is 1. The molecule has 0 fully saturated rings. The normalized spacial score (nSPS) is 18.0. The van der Waals surface area contributed by atoms with Gasteiger partial charge in [0.2, 0.25) is 0 Å². The number of carbonyl (C=O) groups is 1. The van der Waals surface area contributed by atoms with Crippen LogP contribution in [0.25, 0.3) is 16.5 Å². The summed E-state index contributed by atoms with van der Waals surface area (Å²) in [6.07, 6.45) is 2.13. The van der Waals surface area contributed by atoms with Crippen molar-refractivity contribution in [3.63, 3.8) is 0 Å². The van der Waals surface area contributed by atoms with Crippen LogP contribution in [0, 0.1) is 0 Å². The second kappa shape index (κ2) is 8.24. The molecule has 0 unspecified atom stereocenters. The molecule has 0 saturated heterocycles. The number of benzene rings is 3. The molecule has 2 N–H and O–H groups in total. The van der Waals surface area contributed by atoms with Crippen molar-refractivity contribution in [3.8, 4) is 0 Å². The lowest BCUT2D eigenvalue weighted by atomic mass is 10.0. The summed E-state index contributed by atoms with van der Waals surface area (Å²) in [6.45, 7) is 1.62. The van der Waals surface area contributed by atoms with Gasteiger partial charge in [-0.1, -0.05) is 78.5 Å². The lowest BCUT2D eigenvalue weighted by Gasteiger charge is -2.25. The van der Waals surface area contributed by atoms with Gasteiger partial charge in [-0.05, 0) is 34.0 Å². The van der Waals surface area contributed by atoms with Crippen LogP contribution in [0.2, 0.25) is 0 Å². The summed E-state index contributed by atoms with van der Waals surface area (Å²) >= 11 is 1.46. The minimum Gasteiger partial charge on any atom is -0.363 e. The average Bonchev–Trinajstić information content (AvgIpc) is 3.48. The molecular weight excluding hydrogens is 392 g/mol. The number of nitrogens with one attached hydrogen (secondary N) is 2. The number of hydrogen-bond acceptors (Lipinski definition) is 5. The summed E-state index contributed by atoms with van der Waals surface area (Å²) < 4.78 is 0. The highest BCUT2D eigenvalue weighted by molar-refractivity contribution is 8.14. The monoisotopic (exact) mass is 414 g/mol. The van der Waals surface area contributed by atoms with Crippen molar-refractivity contribution in [3.05, 3.63) is 90.0 Å². The van der Waals surface area contributed by atoms with Crippen LogP contribution < -0.4 is 10.7 Å². The Labute approximate surface area is 179 Å². The zero-order valence-corrected chi connectivity index (χ0v) is 17.2. The van der Waals surface area contributed by atoms with Gasteiger partial charge in [0.05, 0.1) is 24.0 Å². The van der Waals surface area contributed by atoms with Gasteiger partial charge in [-0.2, -0.15) is 0 Å². The van der Waals surface area contributed by atoms with Gasteiger partial charge in [-0.3, -0.25) is 15.2 Å². The van der Waals surface area contributed by atoms with E-state index in [0.717, 1.165) is 35.1 Å². The maximum absolute atomic E-state index is 13.1. The van der Waals surface area contributed by atoms with Gasteiger partial charge in [-0.25, -0.2) is 5.01 Å². The standard InChI is InChI=1S/C24H22N4OS/c29-23(16-30-24-25-12-13-26-24)28-22(18-7-2-1-3-8-18)15-21(27-28)20-11-10-17-6-4-5-9-19(17)14-20/h1-11,14-15,22,27H,12-13,16H2,(H,25,26)/t22-/m0/s1. The predicted molar refractivity (Wildman–Crippen MR) is 124 cm³/mol. The number of fused-ring (bicyclic) bond motifs is 1. The Bertz CT molecular complexity index is 1140. The highest BCUT2D eigenvalue weighted by Crippen LogP contribution is 2.32. The first kappa shape index (κ1) is 18.8. The fourth-order valence-corrected chi connectivity index (χ4v) is 4.56. The molecule has 0 spiro atoms. The summed E-state index contributed by atoms with van der Waals surface area (Å²) in [6, 6.07) is 24.7. The van der Waals surface area contributed by atoms with Crippen LogP contribution in [0.1, 0.15) is 17.2 Å². The molecule has 3 aromatic carbocycles. The molecule has 30 heavy (non-hydrogen) atoms. The van der Waals surface area contributed by atoms with Crippen LogP contribution in [0.3, 0.4) is 0 Å². The quantitative estimate of drug-likeness (QED) is 0.679. The van der Waals surface area contributed by atoms with Crippen molar-refractivity contribution < 1.29 is 4.79 Å². The fourth-order valence-electron chi connectivity index (χ4n) is 3.77. The maximum Gasteiger partial charge on any atom is 0.252 e. The highest BCUT2D eigenvalue weighted by atomic mass is 32.2. The summed E-state index contributed by atoms with van der Waals surface area (Å²) in [5, 5.41) is 8.18. The highest BCUT2D eigenvalue weighted by Gasteiger charge is 2.31. The van der Waals surface area contributed by atoms with Crippen LogP contribution in [-0.2, 0) is 4.79 Å². The summed E-state index contributed by atoms with van der Waals surface area (Å²) in [5.41, 5.74) is 6.46. The Hall–Kier alpha value is -3.25. The van der Waals surface area contributed by atoms with Gasteiger partial charge in [0.15, 0.2) is 5.17 Å². The number of hydrogen-bond donors (Lipinski definition) is 2. The minimum atomic E-state index is -0.153. The third-order valence-corrected chi connectivity index (χ3v) is 6.23. The number of amides is 1.